The van der Waals surface area contributed by atoms with E-state index >= 15 is 0 Å². The highest BCUT2D eigenvalue weighted by Crippen LogP contribution is 2.69. The Morgan fingerprint density at radius 2 is 1.64 bits per heavy atom. The molecule has 3 aliphatic rings. The second-order valence-electron chi connectivity index (χ2n) is 8.81. The van der Waals surface area contributed by atoms with E-state index in [1.807, 2.05) is 0 Å². The zero-order valence-corrected chi connectivity index (χ0v) is 15.6. The molecule has 2 aromatic rings. The van der Waals surface area contributed by atoms with Crippen LogP contribution < -0.4 is 4.57 Å². The molecule has 2 saturated carbocycles. The first-order chi connectivity index (χ1) is 13.1. The van der Waals surface area contributed by atoms with Gasteiger partial charge in [-0.15, -0.1) is 0 Å². The third kappa shape index (κ3) is 1.88. The number of aromatic nitrogens is 3. The molecule has 0 saturated heterocycles. The van der Waals surface area contributed by atoms with E-state index in [9.17, 15) is 22.0 Å². The van der Waals surface area contributed by atoms with Crippen LogP contribution in [0.3, 0.4) is 0 Å². The van der Waals surface area contributed by atoms with Gasteiger partial charge in [-0.3, -0.25) is 0 Å². The summed E-state index contributed by atoms with van der Waals surface area (Å²) in [4.78, 5) is 0. The molecule has 1 aliphatic heterocycles. The first-order valence-electron chi connectivity index (χ1n) is 9.22. The molecule has 0 N–H and O–H groups in total. The normalized spacial score (nSPS) is 32.5. The van der Waals surface area contributed by atoms with Crippen molar-refractivity contribution < 1.29 is 31.3 Å². The van der Waals surface area contributed by atoms with Gasteiger partial charge in [0, 0.05) is 16.4 Å². The lowest BCUT2D eigenvalue weighted by atomic mass is 9.70. The van der Waals surface area contributed by atoms with Gasteiger partial charge in [-0.25, -0.2) is 17.7 Å². The van der Waals surface area contributed by atoms with Gasteiger partial charge in [0.05, 0.1) is 6.10 Å². The van der Waals surface area contributed by atoms with Crippen LogP contribution in [0.15, 0.2) is 6.33 Å². The zero-order valence-electron chi connectivity index (χ0n) is 15.6. The van der Waals surface area contributed by atoms with Crippen LogP contribution in [0, 0.1) is 45.8 Å². The fourth-order valence-electron chi connectivity index (χ4n) is 5.68. The molecule has 0 spiro atoms. The zero-order chi connectivity index (χ0) is 20.2. The van der Waals surface area contributed by atoms with E-state index in [0.717, 1.165) is 17.5 Å². The molecule has 28 heavy (non-hydrogen) atoms. The Bertz CT molecular complexity index is 990. The van der Waals surface area contributed by atoms with Crippen molar-refractivity contribution in [3.05, 3.63) is 41.2 Å². The van der Waals surface area contributed by atoms with Crippen LogP contribution in [0.2, 0.25) is 0 Å². The maximum atomic E-state index is 14.2. The van der Waals surface area contributed by atoms with Gasteiger partial charge in [0.1, 0.15) is 12.6 Å². The number of fused-ring (bicyclic) bond motifs is 7. The van der Waals surface area contributed by atoms with Crippen LogP contribution in [0.1, 0.15) is 45.5 Å². The van der Waals surface area contributed by atoms with Gasteiger partial charge in [-0.05, 0) is 18.3 Å². The van der Waals surface area contributed by atoms with E-state index in [2.05, 4.69) is 25.9 Å². The van der Waals surface area contributed by atoms with Gasteiger partial charge in [-0.1, -0.05) is 25.5 Å². The molecule has 2 aliphatic carbocycles. The summed E-state index contributed by atoms with van der Waals surface area (Å²) in [5.74, 6) is -9.32. The van der Waals surface area contributed by atoms with Crippen LogP contribution in [0.4, 0.5) is 22.0 Å². The number of ether oxygens (including phenoxy) is 1. The molecule has 0 radical (unpaired) electrons. The van der Waals surface area contributed by atoms with Crippen molar-refractivity contribution in [1.82, 2.24) is 9.78 Å². The topological polar surface area (TPSA) is 30.9 Å². The second kappa shape index (κ2) is 5.31. The second-order valence-corrected chi connectivity index (χ2v) is 8.81. The molecule has 0 amide bonds. The SMILES string of the molecule is CC1(C)C2CCC1(C)C1OCc3nn(-c4c(F)c(F)c(F)c(F)c4F)c[n+]3C21. The highest BCUT2D eigenvalue weighted by molar-refractivity contribution is 5.36. The Balaban J connectivity index is 1.66. The lowest BCUT2D eigenvalue weighted by Crippen LogP contribution is -2.56. The number of benzene rings is 1. The summed E-state index contributed by atoms with van der Waals surface area (Å²) in [5, 5.41) is 4.09. The van der Waals surface area contributed by atoms with E-state index in [1.54, 1.807) is 4.57 Å². The van der Waals surface area contributed by atoms with Gasteiger partial charge < -0.3 is 4.74 Å². The number of nitrogens with zero attached hydrogens (tertiary/aromatic N) is 3. The Labute approximate surface area is 157 Å². The summed E-state index contributed by atoms with van der Waals surface area (Å²) in [5.41, 5.74) is -1.15. The molecule has 4 atom stereocenters. The van der Waals surface area contributed by atoms with Gasteiger partial charge in [0.15, 0.2) is 0 Å². The average Bonchev–Trinajstić information content (AvgIpc) is 3.23. The minimum Gasteiger partial charge on any atom is -0.363 e. The number of halogens is 5. The predicted octanol–water partition coefficient (Wildman–Crippen LogP) is 3.75. The van der Waals surface area contributed by atoms with Crippen molar-refractivity contribution in [2.45, 2.75) is 52.4 Å². The quantitative estimate of drug-likeness (QED) is 0.316. The third-order valence-electron chi connectivity index (χ3n) is 7.61. The van der Waals surface area contributed by atoms with E-state index in [1.165, 1.54) is 6.33 Å². The summed E-state index contributed by atoms with van der Waals surface area (Å²) < 4.78 is 77.7. The van der Waals surface area contributed by atoms with Gasteiger partial charge >= 0.3 is 5.82 Å². The number of hydrogen-bond acceptors (Lipinski definition) is 2. The summed E-state index contributed by atoms with van der Waals surface area (Å²) in [7, 11) is 0. The maximum Gasteiger partial charge on any atom is 0.304 e. The van der Waals surface area contributed by atoms with E-state index in [0.29, 0.717) is 5.82 Å². The third-order valence-corrected chi connectivity index (χ3v) is 7.61. The summed E-state index contributed by atoms with van der Waals surface area (Å²) in [6.45, 7) is 6.70. The Morgan fingerprint density at radius 1 is 1.04 bits per heavy atom. The fourth-order valence-corrected chi connectivity index (χ4v) is 5.68. The van der Waals surface area contributed by atoms with Gasteiger partial charge in [0.25, 0.3) is 0 Å². The molecular formula is C19H19F5N3O+. The molecule has 2 bridgehead atoms. The van der Waals surface area contributed by atoms with Crippen LogP contribution in [-0.4, -0.2) is 15.9 Å². The Morgan fingerprint density at radius 3 is 2.29 bits per heavy atom. The van der Waals surface area contributed by atoms with Crippen molar-refractivity contribution in [2.75, 3.05) is 0 Å². The van der Waals surface area contributed by atoms with Crippen molar-refractivity contribution >= 4 is 0 Å². The van der Waals surface area contributed by atoms with Crippen LogP contribution in [0.5, 0.6) is 0 Å². The van der Waals surface area contributed by atoms with E-state index in [-0.39, 0.29) is 35.5 Å². The van der Waals surface area contributed by atoms with Crippen LogP contribution in [-0.2, 0) is 11.3 Å². The van der Waals surface area contributed by atoms with E-state index < -0.39 is 34.8 Å². The largest absolute Gasteiger partial charge is 0.363 e. The standard InChI is InChI=1S/C19H19F5N3O/c1-18(2)8-4-5-19(18,3)17-15(8)26-7-27(25-9(26)6-28-17)16-13(23)11(21)10(20)12(22)14(16)24/h7-8,15,17H,4-6H2,1-3H3/q+1. The molecule has 4 nitrogen and oxygen atoms in total. The lowest BCUT2D eigenvalue weighted by Gasteiger charge is -2.40. The summed E-state index contributed by atoms with van der Waals surface area (Å²) >= 11 is 0. The molecule has 2 heterocycles. The highest BCUT2D eigenvalue weighted by Gasteiger charge is 2.70. The van der Waals surface area contributed by atoms with E-state index in [4.69, 9.17) is 4.74 Å². The van der Waals surface area contributed by atoms with Crippen molar-refractivity contribution in [3.63, 3.8) is 0 Å². The minimum atomic E-state index is -2.19. The highest BCUT2D eigenvalue weighted by atomic mass is 19.2. The molecule has 150 valence electrons. The first kappa shape index (κ1) is 18.0. The Hall–Kier alpha value is -2.03. The maximum absolute atomic E-state index is 14.2. The summed E-state index contributed by atoms with van der Waals surface area (Å²) in [6.07, 6.45) is 3.24. The monoisotopic (exact) mass is 400 g/mol. The van der Waals surface area contributed by atoms with Crippen molar-refractivity contribution in [1.29, 1.82) is 0 Å². The molecule has 2 fully saturated rings. The number of hydrogen-bond donors (Lipinski definition) is 0. The van der Waals surface area contributed by atoms with Crippen LogP contribution >= 0.6 is 0 Å². The number of rotatable bonds is 1. The lowest BCUT2D eigenvalue weighted by molar-refractivity contribution is -0.756. The first-order valence-corrected chi connectivity index (χ1v) is 9.22. The van der Waals surface area contributed by atoms with Crippen molar-refractivity contribution in [3.8, 4) is 5.69 Å². The molecule has 9 heteroatoms. The predicted molar refractivity (Wildman–Crippen MR) is 85.8 cm³/mol. The molecule has 4 unspecified atom stereocenters. The van der Waals surface area contributed by atoms with Gasteiger partial charge in [-0.2, -0.15) is 8.78 Å². The summed E-state index contributed by atoms with van der Waals surface area (Å²) in [6, 6.07) is -0.0903. The fraction of sp³-hybridized carbons (Fsp3) is 0.579. The van der Waals surface area contributed by atoms with Crippen LogP contribution in [0.25, 0.3) is 5.69 Å². The Kier molecular flexibility index (Phi) is 3.42. The molecule has 1 aromatic carbocycles. The van der Waals surface area contributed by atoms with Crippen molar-refractivity contribution in [2.24, 2.45) is 16.7 Å². The van der Waals surface area contributed by atoms with Gasteiger partial charge in [0.2, 0.25) is 41.1 Å². The average molecular weight is 400 g/mol. The minimum absolute atomic E-state index is 0.0103. The molecular weight excluding hydrogens is 381 g/mol. The molecule has 5 rings (SSSR count). The smallest absolute Gasteiger partial charge is 0.304 e. The molecule has 1 aromatic heterocycles.